The van der Waals surface area contributed by atoms with Crippen LogP contribution in [0, 0.1) is 11.3 Å². The van der Waals surface area contributed by atoms with E-state index in [0.29, 0.717) is 27.9 Å². The molecule has 2 aromatic heterocycles. The summed E-state index contributed by atoms with van der Waals surface area (Å²) < 4.78 is 6.91. The summed E-state index contributed by atoms with van der Waals surface area (Å²) in [7, 11) is 3.36. The maximum atomic E-state index is 11.8. The van der Waals surface area contributed by atoms with Crippen LogP contribution >= 0.6 is 0 Å². The fraction of sp³-hybridized carbons (Fsp3) is 0.0833. The molecule has 2 aromatic carbocycles. The highest BCUT2D eigenvalue weighted by atomic mass is 16.5. The van der Waals surface area contributed by atoms with Gasteiger partial charge in [-0.25, -0.2) is 9.78 Å². The number of carboxylic acid groups (broad SMARTS) is 1. The van der Waals surface area contributed by atoms with E-state index in [2.05, 4.69) is 16.2 Å². The molecule has 0 radical (unpaired) electrons. The third-order valence-electron chi connectivity index (χ3n) is 4.84. The number of fused-ring (bicyclic) bond motifs is 1. The van der Waals surface area contributed by atoms with Crippen LogP contribution in [0.25, 0.3) is 34.3 Å². The molecule has 4 rings (SSSR count). The summed E-state index contributed by atoms with van der Waals surface area (Å²) in [6.07, 6.45) is 5.48. The predicted octanol–water partition coefficient (Wildman–Crippen LogP) is 4.38. The molecular formula is C24H18N4O3. The zero-order valence-electron chi connectivity index (χ0n) is 16.9. The summed E-state index contributed by atoms with van der Waals surface area (Å²) in [5, 5.41) is 23.7. The molecule has 0 aliphatic carbocycles. The Labute approximate surface area is 178 Å². The monoisotopic (exact) mass is 410 g/mol. The number of methoxy groups -OCH3 is 1. The van der Waals surface area contributed by atoms with Crippen LogP contribution in [0.2, 0.25) is 0 Å². The van der Waals surface area contributed by atoms with Gasteiger partial charge in [-0.2, -0.15) is 10.4 Å². The highest BCUT2D eigenvalue weighted by Crippen LogP contribution is 2.26. The molecule has 152 valence electrons. The number of nitrogens with zero attached hydrogens (tertiary/aromatic N) is 4. The number of aromatic nitrogens is 3. The van der Waals surface area contributed by atoms with Gasteiger partial charge in [0, 0.05) is 29.8 Å². The van der Waals surface area contributed by atoms with Crippen molar-refractivity contribution < 1.29 is 14.6 Å². The number of ether oxygens (including phenoxy) is 1. The fourth-order valence-corrected chi connectivity index (χ4v) is 3.35. The Morgan fingerprint density at radius 2 is 1.94 bits per heavy atom. The predicted molar refractivity (Wildman–Crippen MR) is 118 cm³/mol. The van der Waals surface area contributed by atoms with Gasteiger partial charge >= 0.3 is 5.97 Å². The number of hydrogen-bond donors (Lipinski definition) is 1. The minimum atomic E-state index is -1.03. The van der Waals surface area contributed by atoms with Crippen molar-refractivity contribution in [1.82, 2.24) is 14.8 Å². The van der Waals surface area contributed by atoms with Crippen LogP contribution in [0.15, 0.2) is 54.7 Å². The van der Waals surface area contributed by atoms with Crippen LogP contribution in [-0.4, -0.2) is 33.0 Å². The van der Waals surface area contributed by atoms with Gasteiger partial charge in [-0.15, -0.1) is 0 Å². The van der Waals surface area contributed by atoms with Crippen LogP contribution in [0.4, 0.5) is 0 Å². The van der Waals surface area contributed by atoms with Gasteiger partial charge in [0.1, 0.15) is 5.75 Å². The quantitative estimate of drug-likeness (QED) is 0.524. The lowest BCUT2D eigenvalue weighted by molar-refractivity contribution is 0.0699. The van der Waals surface area contributed by atoms with Crippen LogP contribution in [0.5, 0.6) is 5.75 Å². The largest absolute Gasteiger partial charge is 0.497 e. The molecule has 0 spiro atoms. The van der Waals surface area contributed by atoms with Crippen LogP contribution in [0.3, 0.4) is 0 Å². The molecule has 2 heterocycles. The topological polar surface area (TPSA) is 101 Å². The number of carbonyl (C=O) groups is 1. The summed E-state index contributed by atoms with van der Waals surface area (Å²) in [5.74, 6) is -0.461. The van der Waals surface area contributed by atoms with Gasteiger partial charge in [-0.1, -0.05) is 12.1 Å². The number of aryl methyl sites for hydroxylation is 1. The molecule has 0 aliphatic rings. The van der Waals surface area contributed by atoms with Gasteiger partial charge < -0.3 is 9.84 Å². The Balaban J connectivity index is 1.75. The van der Waals surface area contributed by atoms with Crippen molar-refractivity contribution >= 4 is 29.0 Å². The van der Waals surface area contributed by atoms with E-state index in [0.717, 1.165) is 16.8 Å². The lowest BCUT2D eigenvalue weighted by Crippen LogP contribution is -2.00. The number of carboxylic acids is 1. The lowest BCUT2D eigenvalue weighted by atomic mass is 10.0. The number of hydrogen-bond acceptors (Lipinski definition) is 5. The Morgan fingerprint density at radius 1 is 1.16 bits per heavy atom. The Hall–Kier alpha value is -4.44. The second-order valence-corrected chi connectivity index (χ2v) is 6.91. The molecule has 7 nitrogen and oxygen atoms in total. The first-order valence-corrected chi connectivity index (χ1v) is 9.43. The molecule has 1 N–H and O–H groups in total. The molecule has 0 fully saturated rings. The SMILES string of the molecule is COc1ccc2nc(/C=C/c3cn(C)nc3-c3ccc(C#N)cc3)cc(C(=O)O)c2c1. The first-order chi connectivity index (χ1) is 15.0. The summed E-state index contributed by atoms with van der Waals surface area (Å²) in [5.41, 5.74) is 4.30. The number of rotatable bonds is 5. The first-order valence-electron chi connectivity index (χ1n) is 9.43. The Kier molecular flexibility index (Phi) is 5.21. The van der Waals surface area contributed by atoms with Gasteiger partial charge in [0.25, 0.3) is 0 Å². The van der Waals surface area contributed by atoms with Gasteiger partial charge in [0.15, 0.2) is 0 Å². The molecule has 0 saturated carbocycles. The average Bonchev–Trinajstić information content (AvgIpc) is 3.17. The molecular weight excluding hydrogens is 392 g/mol. The molecule has 0 amide bonds. The molecule has 0 bridgehead atoms. The standard InChI is InChI=1S/C24H18N4O3/c1-28-14-17(23(27-28)16-5-3-15(13-25)4-6-16)7-8-18-11-21(24(29)30)20-12-19(31-2)9-10-22(20)26-18/h3-12,14H,1-2H3,(H,29,30)/b8-7+. The highest BCUT2D eigenvalue weighted by Gasteiger charge is 2.13. The number of aromatic carboxylic acids is 1. The molecule has 4 aromatic rings. The van der Waals surface area contributed by atoms with Gasteiger partial charge in [-0.05, 0) is 48.6 Å². The van der Waals surface area contributed by atoms with E-state index in [1.54, 1.807) is 47.2 Å². The van der Waals surface area contributed by atoms with Crippen molar-refractivity contribution in [2.75, 3.05) is 7.11 Å². The molecule has 0 saturated heterocycles. The maximum absolute atomic E-state index is 11.8. The second kappa shape index (κ2) is 8.13. The van der Waals surface area contributed by atoms with Crippen molar-refractivity contribution in [3.8, 4) is 23.1 Å². The molecule has 31 heavy (non-hydrogen) atoms. The Morgan fingerprint density at radius 3 is 2.61 bits per heavy atom. The number of nitriles is 1. The fourth-order valence-electron chi connectivity index (χ4n) is 3.35. The molecule has 0 aliphatic heterocycles. The lowest BCUT2D eigenvalue weighted by Gasteiger charge is -2.06. The van der Waals surface area contributed by atoms with Crippen LogP contribution < -0.4 is 4.74 Å². The molecule has 0 atom stereocenters. The summed E-state index contributed by atoms with van der Waals surface area (Å²) in [6.45, 7) is 0. The van der Waals surface area contributed by atoms with E-state index in [-0.39, 0.29) is 5.56 Å². The molecule has 0 unspecified atom stereocenters. The van der Waals surface area contributed by atoms with Gasteiger partial charge in [-0.3, -0.25) is 4.68 Å². The van der Waals surface area contributed by atoms with Gasteiger partial charge in [0.2, 0.25) is 0 Å². The average molecular weight is 410 g/mol. The molecule has 7 heteroatoms. The van der Waals surface area contributed by atoms with Crippen molar-refractivity contribution in [2.24, 2.45) is 7.05 Å². The highest BCUT2D eigenvalue weighted by molar-refractivity contribution is 6.03. The van der Waals surface area contributed by atoms with Crippen LogP contribution in [-0.2, 0) is 7.05 Å². The zero-order valence-corrected chi connectivity index (χ0v) is 16.9. The third-order valence-corrected chi connectivity index (χ3v) is 4.84. The van der Waals surface area contributed by atoms with E-state index >= 15 is 0 Å². The van der Waals surface area contributed by atoms with E-state index in [9.17, 15) is 9.90 Å². The summed E-state index contributed by atoms with van der Waals surface area (Å²) in [6, 6.07) is 16.0. The smallest absolute Gasteiger partial charge is 0.336 e. The Bertz CT molecular complexity index is 1360. The third kappa shape index (κ3) is 4.00. The first kappa shape index (κ1) is 19.9. The summed E-state index contributed by atoms with van der Waals surface area (Å²) in [4.78, 5) is 16.4. The summed E-state index contributed by atoms with van der Waals surface area (Å²) >= 11 is 0. The minimum Gasteiger partial charge on any atom is -0.497 e. The van der Waals surface area contributed by atoms with Crippen molar-refractivity contribution in [3.05, 3.63) is 77.1 Å². The number of pyridine rings is 1. The van der Waals surface area contributed by atoms with E-state index in [4.69, 9.17) is 10.00 Å². The van der Waals surface area contributed by atoms with Crippen molar-refractivity contribution in [2.45, 2.75) is 0 Å². The van der Waals surface area contributed by atoms with E-state index in [1.165, 1.54) is 7.11 Å². The normalized spacial score (nSPS) is 11.0. The van der Waals surface area contributed by atoms with Crippen molar-refractivity contribution in [1.29, 1.82) is 5.26 Å². The van der Waals surface area contributed by atoms with Gasteiger partial charge in [0.05, 0.1) is 41.2 Å². The maximum Gasteiger partial charge on any atom is 0.336 e. The van der Waals surface area contributed by atoms with Crippen LogP contribution in [0.1, 0.15) is 27.2 Å². The van der Waals surface area contributed by atoms with Crippen molar-refractivity contribution in [3.63, 3.8) is 0 Å². The number of benzene rings is 2. The minimum absolute atomic E-state index is 0.155. The zero-order chi connectivity index (χ0) is 22.0. The van der Waals surface area contributed by atoms with E-state index in [1.807, 2.05) is 31.5 Å². The van der Waals surface area contributed by atoms with E-state index < -0.39 is 5.97 Å². The second-order valence-electron chi connectivity index (χ2n) is 6.91.